The summed E-state index contributed by atoms with van der Waals surface area (Å²) >= 11 is 0. The predicted molar refractivity (Wildman–Crippen MR) is 55.2 cm³/mol. The summed E-state index contributed by atoms with van der Waals surface area (Å²) in [5.74, 6) is 1.69. The summed E-state index contributed by atoms with van der Waals surface area (Å²) in [6, 6.07) is 0. The van der Waals surface area contributed by atoms with Gasteiger partial charge in [0.1, 0.15) is 5.82 Å². The van der Waals surface area contributed by atoms with Gasteiger partial charge in [-0.15, -0.1) is 0 Å². The predicted octanol–water partition coefficient (Wildman–Crippen LogP) is 1.84. The van der Waals surface area contributed by atoms with Crippen LogP contribution in [0.3, 0.4) is 0 Å². The second kappa shape index (κ2) is 3.73. The molecule has 0 aromatic carbocycles. The Morgan fingerprint density at radius 1 is 1.57 bits per heavy atom. The highest BCUT2D eigenvalue weighted by Gasteiger charge is 2.23. The molecule has 2 heterocycles. The maximum absolute atomic E-state index is 9.24. The molecule has 14 heavy (non-hydrogen) atoms. The number of aryl methyl sites for hydroxylation is 1. The van der Waals surface area contributed by atoms with Crippen molar-refractivity contribution >= 4 is 0 Å². The molecule has 3 nitrogen and oxygen atoms in total. The van der Waals surface area contributed by atoms with Crippen LogP contribution in [0.25, 0.3) is 0 Å². The smallest absolute Gasteiger partial charge is 0.109 e. The largest absolute Gasteiger partial charge is 0.390 e. The van der Waals surface area contributed by atoms with Gasteiger partial charge in [0, 0.05) is 18.7 Å². The van der Waals surface area contributed by atoms with Crippen molar-refractivity contribution in [1.82, 2.24) is 9.55 Å². The number of fused-ring (bicyclic) bond motifs is 1. The van der Waals surface area contributed by atoms with Crippen LogP contribution in [0.2, 0.25) is 0 Å². The SMILES string of the molecule is CCc1nc(CO)c2n1CCCC2C. The Balaban J connectivity index is 2.50. The number of aromatic nitrogens is 2. The Labute approximate surface area is 84.8 Å². The van der Waals surface area contributed by atoms with Gasteiger partial charge in [0.25, 0.3) is 0 Å². The van der Waals surface area contributed by atoms with E-state index in [1.807, 2.05) is 0 Å². The van der Waals surface area contributed by atoms with Gasteiger partial charge in [-0.25, -0.2) is 4.98 Å². The zero-order valence-electron chi connectivity index (χ0n) is 8.95. The first-order chi connectivity index (χ1) is 6.77. The van der Waals surface area contributed by atoms with Crippen LogP contribution in [0.5, 0.6) is 0 Å². The van der Waals surface area contributed by atoms with Gasteiger partial charge in [0.2, 0.25) is 0 Å². The van der Waals surface area contributed by atoms with Crippen molar-refractivity contribution in [3.8, 4) is 0 Å². The quantitative estimate of drug-likeness (QED) is 0.780. The van der Waals surface area contributed by atoms with E-state index in [1.165, 1.54) is 18.5 Å². The number of aliphatic hydroxyl groups excluding tert-OH is 1. The van der Waals surface area contributed by atoms with Crippen LogP contribution < -0.4 is 0 Å². The maximum Gasteiger partial charge on any atom is 0.109 e. The van der Waals surface area contributed by atoms with E-state index in [0.717, 1.165) is 24.5 Å². The standard InChI is InChI=1S/C11H18N2O/c1-3-10-12-9(7-14)11-8(2)5-4-6-13(10)11/h8,14H,3-7H2,1-2H3. The molecule has 0 aliphatic carbocycles. The molecule has 0 spiro atoms. The summed E-state index contributed by atoms with van der Waals surface area (Å²) in [5, 5.41) is 9.24. The molecule has 1 aromatic rings. The van der Waals surface area contributed by atoms with E-state index >= 15 is 0 Å². The Hall–Kier alpha value is -0.830. The number of hydrogen-bond donors (Lipinski definition) is 1. The first-order valence-electron chi connectivity index (χ1n) is 5.47. The fourth-order valence-electron chi connectivity index (χ4n) is 2.45. The molecular weight excluding hydrogens is 176 g/mol. The molecule has 0 saturated carbocycles. The minimum atomic E-state index is 0.0830. The summed E-state index contributed by atoms with van der Waals surface area (Å²) in [4.78, 5) is 4.49. The van der Waals surface area contributed by atoms with Crippen LogP contribution in [0, 0.1) is 0 Å². The Morgan fingerprint density at radius 3 is 3.00 bits per heavy atom. The molecule has 1 atom stereocenters. The summed E-state index contributed by atoms with van der Waals surface area (Å²) in [5.41, 5.74) is 2.17. The van der Waals surface area contributed by atoms with E-state index in [0.29, 0.717) is 5.92 Å². The third kappa shape index (κ3) is 1.36. The summed E-state index contributed by atoms with van der Waals surface area (Å²) in [6.45, 7) is 5.51. The van der Waals surface area contributed by atoms with E-state index in [-0.39, 0.29) is 6.61 Å². The number of nitrogens with zero attached hydrogens (tertiary/aromatic N) is 2. The van der Waals surface area contributed by atoms with Gasteiger partial charge < -0.3 is 9.67 Å². The van der Waals surface area contributed by atoms with Crippen LogP contribution in [0.1, 0.15) is 49.8 Å². The maximum atomic E-state index is 9.24. The van der Waals surface area contributed by atoms with Gasteiger partial charge in [-0.3, -0.25) is 0 Å². The fourth-order valence-corrected chi connectivity index (χ4v) is 2.45. The lowest BCUT2D eigenvalue weighted by Crippen LogP contribution is -2.16. The van der Waals surface area contributed by atoms with E-state index < -0.39 is 0 Å². The van der Waals surface area contributed by atoms with Crippen molar-refractivity contribution < 1.29 is 5.11 Å². The van der Waals surface area contributed by atoms with Crippen LogP contribution in [0.15, 0.2) is 0 Å². The Kier molecular flexibility index (Phi) is 2.59. The van der Waals surface area contributed by atoms with Gasteiger partial charge in [-0.05, 0) is 18.8 Å². The second-order valence-corrected chi connectivity index (χ2v) is 4.07. The molecule has 0 saturated heterocycles. The number of hydrogen-bond acceptors (Lipinski definition) is 2. The molecule has 1 N–H and O–H groups in total. The fraction of sp³-hybridized carbons (Fsp3) is 0.727. The molecule has 1 aromatic heterocycles. The molecule has 1 aliphatic heterocycles. The molecule has 1 aliphatic rings. The number of aliphatic hydroxyl groups is 1. The average molecular weight is 194 g/mol. The van der Waals surface area contributed by atoms with E-state index in [4.69, 9.17) is 0 Å². The molecular formula is C11H18N2O. The normalized spacial score (nSPS) is 20.9. The minimum Gasteiger partial charge on any atom is -0.390 e. The van der Waals surface area contributed by atoms with Crippen molar-refractivity contribution in [2.45, 2.75) is 52.2 Å². The third-order valence-electron chi connectivity index (χ3n) is 3.11. The van der Waals surface area contributed by atoms with Crippen molar-refractivity contribution in [3.63, 3.8) is 0 Å². The van der Waals surface area contributed by atoms with Crippen molar-refractivity contribution in [2.75, 3.05) is 0 Å². The molecule has 0 amide bonds. The highest BCUT2D eigenvalue weighted by molar-refractivity contribution is 5.22. The lowest BCUT2D eigenvalue weighted by atomic mass is 9.96. The summed E-state index contributed by atoms with van der Waals surface area (Å²) < 4.78 is 2.31. The van der Waals surface area contributed by atoms with Gasteiger partial charge in [0.05, 0.1) is 12.3 Å². The molecule has 1 unspecified atom stereocenters. The molecule has 0 bridgehead atoms. The van der Waals surface area contributed by atoms with Gasteiger partial charge >= 0.3 is 0 Å². The second-order valence-electron chi connectivity index (χ2n) is 4.07. The number of rotatable bonds is 2. The highest BCUT2D eigenvalue weighted by Crippen LogP contribution is 2.30. The van der Waals surface area contributed by atoms with Gasteiger partial charge in [-0.1, -0.05) is 13.8 Å². The Morgan fingerprint density at radius 2 is 2.36 bits per heavy atom. The van der Waals surface area contributed by atoms with Crippen molar-refractivity contribution in [3.05, 3.63) is 17.2 Å². The van der Waals surface area contributed by atoms with Crippen LogP contribution in [-0.2, 0) is 19.6 Å². The van der Waals surface area contributed by atoms with Crippen LogP contribution in [-0.4, -0.2) is 14.7 Å². The average Bonchev–Trinajstić information content (AvgIpc) is 2.57. The van der Waals surface area contributed by atoms with Crippen LogP contribution in [0.4, 0.5) is 0 Å². The number of imidazole rings is 1. The monoisotopic (exact) mass is 194 g/mol. The molecule has 3 heteroatoms. The topological polar surface area (TPSA) is 38.1 Å². The molecule has 78 valence electrons. The molecule has 2 rings (SSSR count). The van der Waals surface area contributed by atoms with Gasteiger partial charge in [0.15, 0.2) is 0 Å². The third-order valence-corrected chi connectivity index (χ3v) is 3.11. The van der Waals surface area contributed by atoms with E-state index in [9.17, 15) is 5.11 Å². The first-order valence-corrected chi connectivity index (χ1v) is 5.47. The molecule has 0 fully saturated rings. The van der Waals surface area contributed by atoms with Gasteiger partial charge in [-0.2, -0.15) is 0 Å². The van der Waals surface area contributed by atoms with E-state index in [1.54, 1.807) is 0 Å². The van der Waals surface area contributed by atoms with Crippen molar-refractivity contribution in [1.29, 1.82) is 0 Å². The Bertz CT molecular complexity index is 330. The summed E-state index contributed by atoms with van der Waals surface area (Å²) in [7, 11) is 0. The summed E-state index contributed by atoms with van der Waals surface area (Å²) in [6.07, 6.45) is 3.42. The van der Waals surface area contributed by atoms with E-state index in [2.05, 4.69) is 23.4 Å². The molecule has 0 radical (unpaired) electrons. The first kappa shape index (κ1) is 9.71. The lowest BCUT2D eigenvalue weighted by molar-refractivity contribution is 0.274. The highest BCUT2D eigenvalue weighted by atomic mass is 16.3. The zero-order chi connectivity index (χ0) is 10.1. The van der Waals surface area contributed by atoms with Crippen molar-refractivity contribution in [2.24, 2.45) is 0 Å². The minimum absolute atomic E-state index is 0.0830. The zero-order valence-corrected chi connectivity index (χ0v) is 8.95. The van der Waals surface area contributed by atoms with Crippen LogP contribution >= 0.6 is 0 Å². The lowest BCUT2D eigenvalue weighted by Gasteiger charge is -2.22.